The largest absolute Gasteiger partial charge is 0.464 e. The summed E-state index contributed by atoms with van der Waals surface area (Å²) >= 11 is 3.37. The van der Waals surface area contributed by atoms with E-state index in [9.17, 15) is 4.39 Å². The fourth-order valence-electron chi connectivity index (χ4n) is 1.82. The van der Waals surface area contributed by atoms with Gasteiger partial charge in [0.2, 0.25) is 0 Å². The van der Waals surface area contributed by atoms with Crippen LogP contribution in [-0.4, -0.2) is 7.05 Å². The van der Waals surface area contributed by atoms with Gasteiger partial charge in [-0.2, -0.15) is 0 Å². The molecule has 1 heterocycles. The van der Waals surface area contributed by atoms with Crippen molar-refractivity contribution in [2.45, 2.75) is 13.0 Å². The molecule has 90 valence electrons. The molecule has 0 aliphatic rings. The average Bonchev–Trinajstić information content (AvgIpc) is 2.70. The Kier molecular flexibility index (Phi) is 3.64. The van der Waals surface area contributed by atoms with E-state index in [1.54, 1.807) is 13.1 Å². The number of nitrogens with one attached hydrogen (secondary N) is 1. The highest BCUT2D eigenvalue weighted by molar-refractivity contribution is 9.10. The second-order valence-electron chi connectivity index (χ2n) is 3.81. The lowest BCUT2D eigenvalue weighted by Gasteiger charge is -2.16. The summed E-state index contributed by atoms with van der Waals surface area (Å²) in [4.78, 5) is 0. The van der Waals surface area contributed by atoms with Crippen LogP contribution in [-0.2, 0) is 0 Å². The van der Waals surface area contributed by atoms with Crippen molar-refractivity contribution in [3.63, 3.8) is 0 Å². The van der Waals surface area contributed by atoms with Crippen LogP contribution < -0.4 is 5.32 Å². The molecule has 0 saturated carbocycles. The molecule has 0 aliphatic heterocycles. The fourth-order valence-corrected chi connectivity index (χ4v) is 2.39. The molecule has 0 fully saturated rings. The third-order valence-electron chi connectivity index (χ3n) is 2.62. The average molecular weight is 298 g/mol. The quantitative estimate of drug-likeness (QED) is 0.932. The van der Waals surface area contributed by atoms with Crippen molar-refractivity contribution in [2.24, 2.45) is 0 Å². The zero-order chi connectivity index (χ0) is 12.4. The minimum atomic E-state index is -0.292. The Morgan fingerprint density at radius 3 is 2.59 bits per heavy atom. The van der Waals surface area contributed by atoms with E-state index < -0.39 is 0 Å². The van der Waals surface area contributed by atoms with Crippen LogP contribution in [0.1, 0.15) is 23.1 Å². The highest BCUT2D eigenvalue weighted by Gasteiger charge is 2.21. The van der Waals surface area contributed by atoms with Crippen molar-refractivity contribution < 1.29 is 8.81 Å². The first-order valence-electron chi connectivity index (χ1n) is 5.31. The molecular weight excluding hydrogens is 285 g/mol. The molecule has 0 spiro atoms. The minimum Gasteiger partial charge on any atom is -0.464 e. The summed E-state index contributed by atoms with van der Waals surface area (Å²) in [6.07, 6.45) is 0. The molecule has 4 heteroatoms. The Hall–Kier alpha value is -1.13. The van der Waals surface area contributed by atoms with E-state index >= 15 is 0 Å². The van der Waals surface area contributed by atoms with Gasteiger partial charge in [0.15, 0.2) is 0 Å². The number of furan rings is 1. The van der Waals surface area contributed by atoms with Gasteiger partial charge in [0.25, 0.3) is 0 Å². The number of halogens is 2. The summed E-state index contributed by atoms with van der Waals surface area (Å²) in [5.74, 6) is 1.26. The first-order chi connectivity index (χ1) is 8.13. The number of rotatable bonds is 3. The molecule has 0 aliphatic carbocycles. The third kappa shape index (κ3) is 2.42. The Balaban J connectivity index is 2.49. The molecular formula is C13H13BrFNO. The van der Waals surface area contributed by atoms with Gasteiger partial charge in [-0.05, 0) is 38.2 Å². The van der Waals surface area contributed by atoms with Crippen molar-refractivity contribution in [1.82, 2.24) is 5.32 Å². The molecule has 1 atom stereocenters. The smallest absolute Gasteiger partial charge is 0.129 e. The number of benzene rings is 1. The third-order valence-corrected chi connectivity index (χ3v) is 3.31. The van der Waals surface area contributed by atoms with Gasteiger partial charge in [-0.25, -0.2) is 4.39 Å². The van der Waals surface area contributed by atoms with Crippen molar-refractivity contribution in [1.29, 1.82) is 0 Å². The van der Waals surface area contributed by atoms with E-state index in [0.717, 1.165) is 10.2 Å². The van der Waals surface area contributed by atoms with Crippen LogP contribution in [0.25, 0.3) is 0 Å². The standard InChI is InChI=1S/C13H13BrFNO/c1-8-6-7-11(17-8)13(16-2)12-9(14)4-3-5-10(12)15/h3-7,13,16H,1-2H3. The van der Waals surface area contributed by atoms with Crippen LogP contribution >= 0.6 is 15.9 Å². The topological polar surface area (TPSA) is 25.2 Å². The van der Waals surface area contributed by atoms with E-state index in [4.69, 9.17) is 4.42 Å². The molecule has 2 aromatic rings. The lowest BCUT2D eigenvalue weighted by Crippen LogP contribution is -2.19. The van der Waals surface area contributed by atoms with Gasteiger partial charge in [0.1, 0.15) is 17.3 Å². The van der Waals surface area contributed by atoms with Crippen molar-refractivity contribution >= 4 is 15.9 Å². The fraction of sp³-hybridized carbons (Fsp3) is 0.231. The van der Waals surface area contributed by atoms with Crippen LogP contribution in [0.2, 0.25) is 0 Å². The molecule has 1 N–H and O–H groups in total. The van der Waals surface area contributed by atoms with Gasteiger partial charge in [-0.1, -0.05) is 22.0 Å². The second-order valence-corrected chi connectivity index (χ2v) is 4.66. The summed E-state index contributed by atoms with van der Waals surface area (Å²) < 4.78 is 20.1. The highest BCUT2D eigenvalue weighted by Crippen LogP contribution is 2.31. The molecule has 0 radical (unpaired) electrons. The Morgan fingerprint density at radius 1 is 1.29 bits per heavy atom. The van der Waals surface area contributed by atoms with Gasteiger partial charge in [0.05, 0.1) is 6.04 Å². The maximum absolute atomic E-state index is 13.9. The summed E-state index contributed by atoms with van der Waals surface area (Å²) in [6, 6.07) is 8.37. The first-order valence-corrected chi connectivity index (χ1v) is 6.10. The zero-order valence-electron chi connectivity index (χ0n) is 9.63. The van der Waals surface area contributed by atoms with Crippen molar-refractivity contribution in [3.8, 4) is 0 Å². The van der Waals surface area contributed by atoms with Crippen LogP contribution in [0.15, 0.2) is 39.2 Å². The van der Waals surface area contributed by atoms with Gasteiger partial charge in [-0.3, -0.25) is 0 Å². The molecule has 1 aromatic heterocycles. The summed E-state index contributed by atoms with van der Waals surface area (Å²) in [5.41, 5.74) is 0.560. The summed E-state index contributed by atoms with van der Waals surface area (Å²) in [6.45, 7) is 1.87. The van der Waals surface area contributed by atoms with E-state index in [2.05, 4.69) is 21.2 Å². The maximum atomic E-state index is 13.9. The number of hydrogen-bond donors (Lipinski definition) is 1. The molecule has 0 amide bonds. The van der Waals surface area contributed by atoms with E-state index in [1.165, 1.54) is 6.07 Å². The van der Waals surface area contributed by atoms with Gasteiger partial charge < -0.3 is 9.73 Å². The maximum Gasteiger partial charge on any atom is 0.129 e. The molecule has 1 unspecified atom stereocenters. The van der Waals surface area contributed by atoms with Crippen LogP contribution in [0.3, 0.4) is 0 Å². The minimum absolute atomic E-state index is 0.257. The number of aryl methyl sites for hydroxylation is 1. The van der Waals surface area contributed by atoms with Gasteiger partial charge in [0, 0.05) is 10.0 Å². The molecule has 0 saturated heterocycles. The predicted molar refractivity (Wildman–Crippen MR) is 68.4 cm³/mol. The van der Waals surface area contributed by atoms with Crippen molar-refractivity contribution in [3.05, 3.63) is 57.7 Å². The summed E-state index contributed by atoms with van der Waals surface area (Å²) in [5, 5.41) is 3.07. The Bertz CT molecular complexity index is 504. The normalized spacial score (nSPS) is 12.7. The highest BCUT2D eigenvalue weighted by atomic mass is 79.9. The van der Waals surface area contributed by atoms with E-state index in [1.807, 2.05) is 25.1 Å². The zero-order valence-corrected chi connectivity index (χ0v) is 11.2. The van der Waals surface area contributed by atoms with Gasteiger partial charge in [-0.15, -0.1) is 0 Å². The van der Waals surface area contributed by atoms with E-state index in [-0.39, 0.29) is 11.9 Å². The van der Waals surface area contributed by atoms with Crippen LogP contribution in [0, 0.1) is 12.7 Å². The lowest BCUT2D eigenvalue weighted by molar-refractivity contribution is 0.435. The molecule has 2 nitrogen and oxygen atoms in total. The second kappa shape index (κ2) is 5.02. The Morgan fingerprint density at radius 2 is 2.06 bits per heavy atom. The van der Waals surface area contributed by atoms with Crippen molar-refractivity contribution in [2.75, 3.05) is 7.05 Å². The lowest BCUT2D eigenvalue weighted by atomic mass is 10.0. The van der Waals surface area contributed by atoms with E-state index in [0.29, 0.717) is 11.3 Å². The molecule has 17 heavy (non-hydrogen) atoms. The predicted octanol–water partition coefficient (Wildman–Crippen LogP) is 3.80. The Labute approximate surface area is 108 Å². The van der Waals surface area contributed by atoms with Crippen LogP contribution in [0.4, 0.5) is 4.39 Å². The monoisotopic (exact) mass is 297 g/mol. The number of hydrogen-bond acceptors (Lipinski definition) is 2. The van der Waals surface area contributed by atoms with Crippen LogP contribution in [0.5, 0.6) is 0 Å². The van der Waals surface area contributed by atoms with Gasteiger partial charge >= 0.3 is 0 Å². The molecule has 2 rings (SSSR count). The molecule has 1 aromatic carbocycles. The first kappa shape index (κ1) is 12.3. The summed E-state index contributed by atoms with van der Waals surface area (Å²) in [7, 11) is 1.78. The molecule has 0 bridgehead atoms. The SMILES string of the molecule is CNC(c1ccc(C)o1)c1c(F)cccc1Br.